The van der Waals surface area contributed by atoms with Gasteiger partial charge in [-0.2, -0.15) is 4.98 Å². The number of H-pyrrole nitrogens is 1. The second-order valence-electron chi connectivity index (χ2n) is 5.11. The zero-order chi connectivity index (χ0) is 16.7. The number of hydrogen-bond donors (Lipinski definition) is 2. The van der Waals surface area contributed by atoms with Gasteiger partial charge < -0.3 is 4.98 Å². The van der Waals surface area contributed by atoms with Gasteiger partial charge in [-0.05, 0) is 42.5 Å². The van der Waals surface area contributed by atoms with E-state index in [0.29, 0.717) is 32.7 Å². The molecular formula is C16H9ClFN5O. The standard InChI is InChI=1S/C16H9ClFN5O/c17-9-3-1-8(2-4-9)15(24)21-16-20-14-13(22-23-16)11-7-10(18)5-6-12(11)19-14/h1-7H,(H2,19,20,21,23,24). The maximum Gasteiger partial charge on any atom is 0.258 e. The molecule has 0 saturated carbocycles. The van der Waals surface area contributed by atoms with Crippen LogP contribution < -0.4 is 5.32 Å². The Bertz CT molecular complexity index is 1080. The van der Waals surface area contributed by atoms with Crippen molar-refractivity contribution in [3.63, 3.8) is 0 Å². The lowest BCUT2D eigenvalue weighted by Crippen LogP contribution is -2.14. The number of halogens is 2. The second-order valence-corrected chi connectivity index (χ2v) is 5.54. The Morgan fingerprint density at radius 2 is 1.92 bits per heavy atom. The highest BCUT2D eigenvalue weighted by atomic mass is 35.5. The quantitative estimate of drug-likeness (QED) is 0.584. The normalized spacial score (nSPS) is 11.1. The van der Waals surface area contributed by atoms with Gasteiger partial charge in [0.2, 0.25) is 0 Å². The first kappa shape index (κ1) is 14.5. The molecule has 118 valence electrons. The van der Waals surface area contributed by atoms with Crippen molar-refractivity contribution < 1.29 is 9.18 Å². The van der Waals surface area contributed by atoms with Gasteiger partial charge in [-0.15, -0.1) is 10.2 Å². The van der Waals surface area contributed by atoms with Crippen molar-refractivity contribution in [3.8, 4) is 0 Å². The zero-order valence-corrected chi connectivity index (χ0v) is 12.8. The lowest BCUT2D eigenvalue weighted by molar-refractivity contribution is 0.102. The fourth-order valence-electron chi connectivity index (χ4n) is 2.37. The van der Waals surface area contributed by atoms with Crippen molar-refractivity contribution in [2.24, 2.45) is 0 Å². The molecule has 0 aliphatic rings. The Labute approximate surface area is 139 Å². The van der Waals surface area contributed by atoms with Gasteiger partial charge in [0.1, 0.15) is 11.3 Å². The number of aromatic nitrogens is 4. The smallest absolute Gasteiger partial charge is 0.258 e. The van der Waals surface area contributed by atoms with Gasteiger partial charge >= 0.3 is 0 Å². The summed E-state index contributed by atoms with van der Waals surface area (Å²) in [5, 5.41) is 11.6. The number of fused-ring (bicyclic) bond motifs is 3. The first-order valence-electron chi connectivity index (χ1n) is 6.99. The fourth-order valence-corrected chi connectivity index (χ4v) is 2.50. The number of nitrogens with one attached hydrogen (secondary N) is 2. The maximum atomic E-state index is 13.4. The molecular weight excluding hydrogens is 333 g/mol. The topological polar surface area (TPSA) is 83.6 Å². The number of nitrogens with zero attached hydrogens (tertiary/aromatic N) is 3. The van der Waals surface area contributed by atoms with E-state index in [1.165, 1.54) is 12.1 Å². The molecule has 4 aromatic rings. The number of rotatable bonds is 2. The SMILES string of the molecule is O=C(Nc1nnc2c(n1)[nH]c1ccc(F)cc12)c1ccc(Cl)cc1. The van der Waals surface area contributed by atoms with Crippen molar-refractivity contribution in [2.45, 2.75) is 0 Å². The van der Waals surface area contributed by atoms with Crippen molar-refractivity contribution in [2.75, 3.05) is 5.32 Å². The molecule has 1 amide bonds. The van der Waals surface area contributed by atoms with Crippen LogP contribution in [0, 0.1) is 5.82 Å². The summed E-state index contributed by atoms with van der Waals surface area (Å²) in [5.41, 5.74) is 1.96. The average molecular weight is 342 g/mol. The summed E-state index contributed by atoms with van der Waals surface area (Å²) in [7, 11) is 0. The van der Waals surface area contributed by atoms with Crippen molar-refractivity contribution in [1.82, 2.24) is 20.2 Å². The van der Waals surface area contributed by atoms with Gasteiger partial charge in [0, 0.05) is 21.5 Å². The van der Waals surface area contributed by atoms with E-state index in [-0.39, 0.29) is 17.7 Å². The van der Waals surface area contributed by atoms with Gasteiger partial charge in [-0.25, -0.2) is 4.39 Å². The highest BCUT2D eigenvalue weighted by Gasteiger charge is 2.12. The summed E-state index contributed by atoms with van der Waals surface area (Å²) < 4.78 is 13.4. The minimum absolute atomic E-state index is 0.0504. The van der Waals surface area contributed by atoms with Gasteiger partial charge in [0.05, 0.1) is 0 Å². The van der Waals surface area contributed by atoms with E-state index in [1.807, 2.05) is 0 Å². The summed E-state index contributed by atoms with van der Waals surface area (Å²) in [5.74, 6) is -0.699. The number of aromatic amines is 1. The summed E-state index contributed by atoms with van der Waals surface area (Å²) in [6.45, 7) is 0. The molecule has 0 radical (unpaired) electrons. The molecule has 0 unspecified atom stereocenters. The number of benzene rings is 2. The van der Waals surface area contributed by atoms with E-state index in [9.17, 15) is 9.18 Å². The zero-order valence-electron chi connectivity index (χ0n) is 12.0. The Kier molecular flexibility index (Phi) is 3.35. The van der Waals surface area contributed by atoms with Crippen molar-refractivity contribution in [1.29, 1.82) is 0 Å². The molecule has 4 rings (SSSR count). The summed E-state index contributed by atoms with van der Waals surface area (Å²) in [6, 6.07) is 10.7. The molecule has 0 bridgehead atoms. The van der Waals surface area contributed by atoms with Crippen LogP contribution in [0.3, 0.4) is 0 Å². The predicted molar refractivity (Wildman–Crippen MR) is 88.6 cm³/mol. The van der Waals surface area contributed by atoms with E-state index in [1.54, 1.807) is 30.3 Å². The highest BCUT2D eigenvalue weighted by Crippen LogP contribution is 2.23. The molecule has 0 fully saturated rings. The first-order chi connectivity index (χ1) is 11.6. The van der Waals surface area contributed by atoms with Crippen LogP contribution in [-0.2, 0) is 0 Å². The lowest BCUT2D eigenvalue weighted by Gasteiger charge is -2.03. The minimum Gasteiger partial charge on any atom is -0.338 e. The predicted octanol–water partition coefficient (Wildman–Crippen LogP) is 3.55. The number of hydrogen-bond acceptors (Lipinski definition) is 4. The molecule has 0 aliphatic carbocycles. The molecule has 2 heterocycles. The van der Waals surface area contributed by atoms with Crippen LogP contribution in [-0.4, -0.2) is 26.1 Å². The van der Waals surface area contributed by atoms with Crippen molar-refractivity contribution >= 4 is 45.5 Å². The lowest BCUT2D eigenvalue weighted by atomic mass is 10.2. The van der Waals surface area contributed by atoms with E-state index in [0.717, 1.165) is 0 Å². The first-order valence-corrected chi connectivity index (χ1v) is 7.36. The third-order valence-electron chi connectivity index (χ3n) is 3.51. The number of amides is 1. The summed E-state index contributed by atoms with van der Waals surface area (Å²) >= 11 is 5.79. The Morgan fingerprint density at radius 3 is 2.71 bits per heavy atom. The van der Waals surface area contributed by atoms with Gasteiger partial charge in [0.25, 0.3) is 11.9 Å². The van der Waals surface area contributed by atoms with E-state index >= 15 is 0 Å². The van der Waals surface area contributed by atoms with Crippen LogP contribution >= 0.6 is 11.6 Å². The third-order valence-corrected chi connectivity index (χ3v) is 3.76. The molecule has 8 heteroatoms. The largest absolute Gasteiger partial charge is 0.338 e. The summed E-state index contributed by atoms with van der Waals surface area (Å²) in [4.78, 5) is 19.4. The van der Waals surface area contributed by atoms with E-state index in [2.05, 4.69) is 25.5 Å². The van der Waals surface area contributed by atoms with Crippen LogP contribution in [0.15, 0.2) is 42.5 Å². The fraction of sp³-hybridized carbons (Fsp3) is 0. The van der Waals surface area contributed by atoms with Gasteiger partial charge in [-0.1, -0.05) is 11.6 Å². The Balaban J connectivity index is 1.68. The van der Waals surface area contributed by atoms with Gasteiger partial charge in [-0.3, -0.25) is 10.1 Å². The molecule has 6 nitrogen and oxygen atoms in total. The minimum atomic E-state index is -0.380. The maximum absolute atomic E-state index is 13.4. The Morgan fingerprint density at radius 1 is 1.12 bits per heavy atom. The van der Waals surface area contributed by atoms with E-state index < -0.39 is 0 Å². The van der Waals surface area contributed by atoms with Crippen LogP contribution in [0.1, 0.15) is 10.4 Å². The van der Waals surface area contributed by atoms with E-state index in [4.69, 9.17) is 11.6 Å². The number of carbonyl (C=O) groups is 1. The van der Waals surface area contributed by atoms with Gasteiger partial charge in [0.15, 0.2) is 5.65 Å². The Hall–Kier alpha value is -3.06. The molecule has 0 aliphatic heterocycles. The highest BCUT2D eigenvalue weighted by molar-refractivity contribution is 6.30. The monoisotopic (exact) mass is 341 g/mol. The van der Waals surface area contributed by atoms with Crippen molar-refractivity contribution in [3.05, 3.63) is 58.9 Å². The number of carbonyl (C=O) groups excluding carboxylic acids is 1. The number of anilines is 1. The molecule has 2 N–H and O–H groups in total. The average Bonchev–Trinajstić information content (AvgIpc) is 2.92. The molecule has 2 aromatic carbocycles. The van der Waals surface area contributed by atoms with Crippen LogP contribution in [0.4, 0.5) is 10.3 Å². The molecule has 0 spiro atoms. The third kappa shape index (κ3) is 2.55. The molecule has 0 saturated heterocycles. The summed E-state index contributed by atoms with van der Waals surface area (Å²) in [6.07, 6.45) is 0. The molecule has 24 heavy (non-hydrogen) atoms. The van der Waals surface area contributed by atoms with Crippen LogP contribution in [0.5, 0.6) is 0 Å². The molecule has 0 atom stereocenters. The molecule has 2 aromatic heterocycles. The van der Waals surface area contributed by atoms with Crippen LogP contribution in [0.25, 0.3) is 22.1 Å². The second kappa shape index (κ2) is 5.54. The van der Waals surface area contributed by atoms with Crippen LogP contribution in [0.2, 0.25) is 5.02 Å².